The van der Waals surface area contributed by atoms with Crippen molar-refractivity contribution in [2.45, 2.75) is 6.54 Å². The van der Waals surface area contributed by atoms with Gasteiger partial charge in [-0.15, -0.1) is 11.3 Å². The zero-order valence-electron chi connectivity index (χ0n) is 11.7. The Morgan fingerprint density at radius 1 is 1.25 bits per heavy atom. The number of aromatic nitrogens is 2. The first-order valence-electron chi connectivity index (χ1n) is 6.40. The topological polar surface area (TPSA) is 60.6 Å². The molecule has 0 aliphatic rings. The van der Waals surface area contributed by atoms with Gasteiger partial charge in [-0.2, -0.15) is 4.98 Å². The molecule has 0 aliphatic carbocycles. The van der Waals surface area contributed by atoms with Crippen molar-refractivity contribution in [3.05, 3.63) is 23.4 Å². The Bertz CT molecular complexity index is 479. The summed E-state index contributed by atoms with van der Waals surface area (Å²) in [6, 6.07) is 3.95. The Morgan fingerprint density at radius 2 is 2.00 bits per heavy atom. The van der Waals surface area contributed by atoms with Gasteiger partial charge < -0.3 is 14.0 Å². The van der Waals surface area contributed by atoms with E-state index in [0.717, 1.165) is 18.0 Å². The van der Waals surface area contributed by atoms with Crippen molar-refractivity contribution in [3.63, 3.8) is 0 Å². The lowest BCUT2D eigenvalue weighted by Crippen LogP contribution is -2.30. The Morgan fingerprint density at radius 3 is 2.60 bits per heavy atom. The van der Waals surface area contributed by atoms with Gasteiger partial charge in [-0.1, -0.05) is 11.2 Å². The van der Waals surface area contributed by atoms with Gasteiger partial charge in [-0.05, 0) is 11.4 Å². The lowest BCUT2D eigenvalue weighted by atomic mass is 10.4. The highest BCUT2D eigenvalue weighted by atomic mass is 32.1. The van der Waals surface area contributed by atoms with E-state index in [4.69, 9.17) is 14.0 Å². The number of rotatable bonds is 9. The summed E-state index contributed by atoms with van der Waals surface area (Å²) in [5.74, 6) is 1.26. The van der Waals surface area contributed by atoms with Crippen LogP contribution in [0, 0.1) is 0 Å². The first-order chi connectivity index (χ1) is 9.83. The molecule has 0 amide bonds. The molecule has 0 saturated heterocycles. The van der Waals surface area contributed by atoms with Gasteiger partial charge in [0.25, 0.3) is 0 Å². The fourth-order valence-electron chi connectivity index (χ4n) is 1.73. The molecule has 110 valence electrons. The maximum atomic E-state index is 5.30. The van der Waals surface area contributed by atoms with Gasteiger partial charge in [-0.25, -0.2) is 0 Å². The van der Waals surface area contributed by atoms with Crippen LogP contribution < -0.4 is 0 Å². The third-order valence-electron chi connectivity index (χ3n) is 2.79. The van der Waals surface area contributed by atoms with Crippen molar-refractivity contribution < 1.29 is 14.0 Å². The molecule has 0 N–H and O–H groups in total. The average molecular weight is 297 g/mol. The Labute approximate surface area is 122 Å². The first-order valence-corrected chi connectivity index (χ1v) is 7.28. The summed E-state index contributed by atoms with van der Waals surface area (Å²) in [6.07, 6.45) is 0. The van der Waals surface area contributed by atoms with Crippen LogP contribution in [0.5, 0.6) is 0 Å². The molecule has 0 fully saturated rings. The molecule has 0 saturated carbocycles. The molecule has 20 heavy (non-hydrogen) atoms. The van der Waals surface area contributed by atoms with Crippen LogP contribution in [0.2, 0.25) is 0 Å². The van der Waals surface area contributed by atoms with Gasteiger partial charge in [0.1, 0.15) is 0 Å². The highest BCUT2D eigenvalue weighted by Crippen LogP contribution is 2.21. The second kappa shape index (κ2) is 8.11. The van der Waals surface area contributed by atoms with Gasteiger partial charge in [0.2, 0.25) is 11.7 Å². The third kappa shape index (κ3) is 4.38. The van der Waals surface area contributed by atoms with Crippen LogP contribution in [-0.4, -0.2) is 55.6 Å². The Kier molecular flexibility index (Phi) is 6.13. The summed E-state index contributed by atoms with van der Waals surface area (Å²) in [4.78, 5) is 7.60. The van der Waals surface area contributed by atoms with Crippen molar-refractivity contribution in [2.75, 3.05) is 40.5 Å². The zero-order chi connectivity index (χ0) is 14.2. The number of nitrogens with zero attached hydrogens (tertiary/aromatic N) is 3. The molecule has 0 unspecified atom stereocenters. The van der Waals surface area contributed by atoms with E-state index in [-0.39, 0.29) is 0 Å². The lowest BCUT2D eigenvalue weighted by Gasteiger charge is -2.19. The second-order valence-corrected chi connectivity index (χ2v) is 5.20. The predicted molar refractivity (Wildman–Crippen MR) is 76.6 cm³/mol. The van der Waals surface area contributed by atoms with Crippen LogP contribution in [-0.2, 0) is 16.0 Å². The average Bonchev–Trinajstić information content (AvgIpc) is 3.12. The summed E-state index contributed by atoms with van der Waals surface area (Å²) in [5, 5.41) is 6.00. The van der Waals surface area contributed by atoms with Gasteiger partial charge in [-0.3, -0.25) is 4.90 Å². The van der Waals surface area contributed by atoms with E-state index in [1.165, 1.54) is 0 Å². The normalized spacial score (nSPS) is 11.3. The van der Waals surface area contributed by atoms with Gasteiger partial charge >= 0.3 is 0 Å². The summed E-state index contributed by atoms with van der Waals surface area (Å²) in [6.45, 7) is 3.53. The second-order valence-electron chi connectivity index (χ2n) is 4.25. The molecule has 0 spiro atoms. The minimum absolute atomic E-state index is 0.602. The minimum atomic E-state index is 0.602. The molecule has 0 atom stereocenters. The smallest absolute Gasteiger partial charge is 0.241 e. The standard InChI is InChI=1S/C13H19N3O3S/c1-17-7-5-16(6-8-18-2)10-12-14-13(15-19-12)11-4-3-9-20-11/h3-4,9H,5-8,10H2,1-2H3. The van der Waals surface area contributed by atoms with E-state index in [1.54, 1.807) is 25.6 Å². The molecule has 0 aliphatic heterocycles. The van der Waals surface area contributed by atoms with Crippen molar-refractivity contribution in [2.24, 2.45) is 0 Å². The first kappa shape index (κ1) is 15.1. The molecule has 2 aromatic heterocycles. The summed E-state index contributed by atoms with van der Waals surface area (Å²) in [7, 11) is 3.38. The number of thiophene rings is 1. The Hall–Kier alpha value is -1.28. The molecular formula is C13H19N3O3S. The van der Waals surface area contributed by atoms with Crippen LogP contribution in [0.4, 0.5) is 0 Å². The van der Waals surface area contributed by atoms with Crippen molar-refractivity contribution in [3.8, 4) is 10.7 Å². The van der Waals surface area contributed by atoms with Crippen LogP contribution in [0.3, 0.4) is 0 Å². The number of ether oxygens (including phenoxy) is 2. The van der Waals surface area contributed by atoms with Crippen LogP contribution in [0.1, 0.15) is 5.89 Å². The van der Waals surface area contributed by atoms with Gasteiger partial charge in [0.15, 0.2) is 0 Å². The van der Waals surface area contributed by atoms with Gasteiger partial charge in [0.05, 0.1) is 24.6 Å². The highest BCUT2D eigenvalue weighted by molar-refractivity contribution is 7.13. The summed E-state index contributed by atoms with van der Waals surface area (Å²) >= 11 is 1.60. The molecule has 2 rings (SSSR count). The highest BCUT2D eigenvalue weighted by Gasteiger charge is 2.13. The Balaban J connectivity index is 1.95. The van der Waals surface area contributed by atoms with E-state index in [2.05, 4.69) is 15.0 Å². The molecule has 2 heterocycles. The van der Waals surface area contributed by atoms with Crippen LogP contribution >= 0.6 is 11.3 Å². The van der Waals surface area contributed by atoms with Crippen LogP contribution in [0.15, 0.2) is 22.0 Å². The summed E-state index contributed by atoms with van der Waals surface area (Å²) < 4.78 is 15.5. The van der Waals surface area contributed by atoms with E-state index in [0.29, 0.717) is 31.5 Å². The van der Waals surface area contributed by atoms with E-state index in [1.807, 2.05) is 17.5 Å². The van der Waals surface area contributed by atoms with E-state index < -0.39 is 0 Å². The molecule has 7 heteroatoms. The molecule has 6 nitrogen and oxygen atoms in total. The monoisotopic (exact) mass is 297 g/mol. The van der Waals surface area contributed by atoms with Crippen molar-refractivity contribution in [1.82, 2.24) is 15.0 Å². The SMILES string of the molecule is COCCN(CCOC)Cc1nc(-c2cccs2)no1. The third-order valence-corrected chi connectivity index (χ3v) is 3.66. The largest absolute Gasteiger partial charge is 0.383 e. The van der Waals surface area contributed by atoms with E-state index >= 15 is 0 Å². The number of hydrogen-bond donors (Lipinski definition) is 0. The zero-order valence-corrected chi connectivity index (χ0v) is 12.6. The minimum Gasteiger partial charge on any atom is -0.383 e. The maximum Gasteiger partial charge on any atom is 0.241 e. The van der Waals surface area contributed by atoms with Crippen molar-refractivity contribution in [1.29, 1.82) is 0 Å². The lowest BCUT2D eigenvalue weighted by molar-refractivity contribution is 0.103. The summed E-state index contributed by atoms with van der Waals surface area (Å²) in [5.41, 5.74) is 0. The van der Waals surface area contributed by atoms with E-state index in [9.17, 15) is 0 Å². The molecule has 2 aromatic rings. The van der Waals surface area contributed by atoms with Crippen LogP contribution in [0.25, 0.3) is 10.7 Å². The molecule has 0 radical (unpaired) electrons. The molecular weight excluding hydrogens is 278 g/mol. The fraction of sp³-hybridized carbons (Fsp3) is 0.538. The van der Waals surface area contributed by atoms with Gasteiger partial charge in [0, 0.05) is 27.3 Å². The number of hydrogen-bond acceptors (Lipinski definition) is 7. The number of methoxy groups -OCH3 is 2. The fourth-order valence-corrected chi connectivity index (χ4v) is 2.38. The maximum absolute atomic E-state index is 5.30. The van der Waals surface area contributed by atoms with Crippen molar-refractivity contribution >= 4 is 11.3 Å². The predicted octanol–water partition coefficient (Wildman–Crippen LogP) is 1.89. The molecule has 0 aromatic carbocycles. The molecule has 0 bridgehead atoms. The quantitative estimate of drug-likeness (QED) is 0.704.